The molecule has 114 valence electrons. The first-order valence-electron chi connectivity index (χ1n) is 7.21. The smallest absolute Gasteiger partial charge is 0.320 e. The average Bonchev–Trinajstić information content (AvgIpc) is 2.72. The van der Waals surface area contributed by atoms with E-state index in [1.165, 1.54) is 0 Å². The van der Waals surface area contributed by atoms with E-state index in [4.69, 9.17) is 9.15 Å². The van der Waals surface area contributed by atoms with Gasteiger partial charge in [0.25, 0.3) is 0 Å². The minimum Gasteiger partial charge on any atom is -0.459 e. The third-order valence-corrected chi connectivity index (χ3v) is 3.25. The second-order valence-electron chi connectivity index (χ2n) is 6.28. The van der Waals surface area contributed by atoms with Gasteiger partial charge < -0.3 is 9.15 Å². The highest BCUT2D eigenvalue weighted by molar-refractivity contribution is 5.82. The van der Waals surface area contributed by atoms with Crippen LogP contribution in [0.1, 0.15) is 45.1 Å². The summed E-state index contributed by atoms with van der Waals surface area (Å²) in [6.45, 7) is 9.75. The van der Waals surface area contributed by atoms with Gasteiger partial charge in [0, 0.05) is 5.39 Å². The molecule has 4 nitrogen and oxygen atoms in total. The van der Waals surface area contributed by atoms with E-state index in [-0.39, 0.29) is 18.6 Å². The van der Waals surface area contributed by atoms with E-state index in [0.29, 0.717) is 0 Å². The molecule has 1 aromatic carbocycles. The molecule has 2 aromatic rings. The Kier molecular flexibility index (Phi) is 4.37. The average molecular weight is 289 g/mol. The minimum absolute atomic E-state index is 0.0510. The Morgan fingerprint density at radius 1 is 1.33 bits per heavy atom. The fraction of sp³-hybridized carbons (Fsp3) is 0.471. The number of ether oxygens (including phenoxy) is 1. The molecule has 0 bridgehead atoms. The number of hydrogen-bond acceptors (Lipinski definition) is 4. The lowest BCUT2D eigenvalue weighted by Gasteiger charge is -2.20. The van der Waals surface area contributed by atoms with Crippen LogP contribution in [0.4, 0.5) is 0 Å². The van der Waals surface area contributed by atoms with Crippen molar-refractivity contribution in [3.05, 3.63) is 35.6 Å². The van der Waals surface area contributed by atoms with Crippen LogP contribution in [0.5, 0.6) is 0 Å². The molecule has 4 heteroatoms. The van der Waals surface area contributed by atoms with E-state index >= 15 is 0 Å². The number of carbonyl (C=O) groups excluding carboxylic acids is 1. The number of furan rings is 1. The maximum atomic E-state index is 11.7. The van der Waals surface area contributed by atoms with Gasteiger partial charge in [0.2, 0.25) is 0 Å². The van der Waals surface area contributed by atoms with Crippen molar-refractivity contribution in [3.8, 4) is 0 Å². The van der Waals surface area contributed by atoms with Crippen molar-refractivity contribution in [2.24, 2.45) is 0 Å². The van der Waals surface area contributed by atoms with Gasteiger partial charge in [-0.15, -0.1) is 0 Å². The molecule has 2 rings (SSSR count). The van der Waals surface area contributed by atoms with Gasteiger partial charge in [-0.25, -0.2) is 0 Å². The number of para-hydroxylation sites is 1. The lowest BCUT2D eigenvalue weighted by molar-refractivity contribution is -0.153. The second kappa shape index (κ2) is 5.90. The van der Waals surface area contributed by atoms with Crippen LogP contribution in [0, 0.1) is 6.92 Å². The highest BCUT2D eigenvalue weighted by atomic mass is 16.6. The first-order valence-corrected chi connectivity index (χ1v) is 7.21. The Morgan fingerprint density at radius 3 is 2.62 bits per heavy atom. The first kappa shape index (κ1) is 15.6. The summed E-state index contributed by atoms with van der Waals surface area (Å²) in [7, 11) is 0. The topological polar surface area (TPSA) is 51.5 Å². The summed E-state index contributed by atoms with van der Waals surface area (Å²) < 4.78 is 11.2. The molecule has 0 fully saturated rings. The Morgan fingerprint density at radius 2 is 2.00 bits per heavy atom. The van der Waals surface area contributed by atoms with E-state index in [9.17, 15) is 4.79 Å². The van der Waals surface area contributed by atoms with Gasteiger partial charge >= 0.3 is 5.97 Å². The summed E-state index contributed by atoms with van der Waals surface area (Å²) in [4.78, 5) is 11.7. The summed E-state index contributed by atoms with van der Waals surface area (Å²) >= 11 is 0. The number of benzene rings is 1. The predicted octanol–water partition coefficient (Wildman–Crippen LogP) is 3.73. The van der Waals surface area contributed by atoms with Crippen LogP contribution >= 0.6 is 0 Å². The number of esters is 1. The van der Waals surface area contributed by atoms with Crippen molar-refractivity contribution >= 4 is 16.9 Å². The molecule has 1 aromatic heterocycles. The minimum atomic E-state index is -0.461. The molecule has 1 unspecified atom stereocenters. The maximum Gasteiger partial charge on any atom is 0.320 e. The van der Waals surface area contributed by atoms with E-state index in [1.54, 1.807) is 0 Å². The summed E-state index contributed by atoms with van der Waals surface area (Å²) in [5.41, 5.74) is 1.52. The molecule has 0 spiro atoms. The van der Waals surface area contributed by atoms with Crippen molar-refractivity contribution in [3.63, 3.8) is 0 Å². The molecule has 0 aliphatic rings. The number of nitrogens with one attached hydrogen (secondary N) is 1. The molecule has 1 heterocycles. The summed E-state index contributed by atoms with van der Waals surface area (Å²) in [6.07, 6.45) is 0. The Hall–Kier alpha value is -1.81. The van der Waals surface area contributed by atoms with Crippen LogP contribution in [0.25, 0.3) is 11.0 Å². The molecule has 1 atom stereocenters. The van der Waals surface area contributed by atoms with E-state index in [1.807, 2.05) is 58.9 Å². The van der Waals surface area contributed by atoms with Crippen LogP contribution in [-0.4, -0.2) is 18.1 Å². The van der Waals surface area contributed by atoms with Gasteiger partial charge in [-0.05, 0) is 46.2 Å². The van der Waals surface area contributed by atoms with E-state index in [0.717, 1.165) is 22.3 Å². The zero-order chi connectivity index (χ0) is 15.6. The number of fused-ring (bicyclic) bond motifs is 1. The number of carbonyl (C=O) groups is 1. The predicted molar refractivity (Wildman–Crippen MR) is 83.2 cm³/mol. The Balaban J connectivity index is 2.04. The summed E-state index contributed by atoms with van der Waals surface area (Å²) in [5.74, 6) is 0.600. The molecule has 0 radical (unpaired) electrons. The van der Waals surface area contributed by atoms with Crippen molar-refractivity contribution in [2.45, 2.75) is 46.3 Å². The molecule has 0 amide bonds. The van der Waals surface area contributed by atoms with Gasteiger partial charge in [-0.2, -0.15) is 0 Å². The third kappa shape index (κ3) is 3.85. The lowest BCUT2D eigenvalue weighted by Crippen LogP contribution is -2.32. The molecule has 0 aliphatic carbocycles. The Labute approximate surface area is 125 Å². The molecular formula is C17H23NO3. The second-order valence-corrected chi connectivity index (χ2v) is 6.28. The van der Waals surface area contributed by atoms with Crippen LogP contribution in [0.2, 0.25) is 0 Å². The van der Waals surface area contributed by atoms with Gasteiger partial charge in [-0.3, -0.25) is 10.1 Å². The van der Waals surface area contributed by atoms with Crippen LogP contribution < -0.4 is 5.32 Å². The van der Waals surface area contributed by atoms with Crippen LogP contribution in [0.3, 0.4) is 0 Å². The monoisotopic (exact) mass is 289 g/mol. The number of hydrogen-bond donors (Lipinski definition) is 1. The fourth-order valence-corrected chi connectivity index (χ4v) is 2.31. The quantitative estimate of drug-likeness (QED) is 0.871. The molecule has 21 heavy (non-hydrogen) atoms. The van der Waals surface area contributed by atoms with E-state index in [2.05, 4.69) is 5.32 Å². The SMILES string of the molecule is Cc1c(C(C)NCC(=O)OC(C)(C)C)oc2ccccc12. The third-order valence-electron chi connectivity index (χ3n) is 3.25. The highest BCUT2D eigenvalue weighted by Gasteiger charge is 2.19. The standard InChI is InChI=1S/C17H23NO3/c1-11-13-8-6-7-9-14(13)20-16(11)12(2)18-10-15(19)21-17(3,4)5/h6-9,12,18H,10H2,1-5H3. The number of rotatable bonds is 4. The zero-order valence-electron chi connectivity index (χ0n) is 13.3. The summed E-state index contributed by atoms with van der Waals surface area (Å²) in [5, 5.41) is 4.26. The fourth-order valence-electron chi connectivity index (χ4n) is 2.31. The summed E-state index contributed by atoms with van der Waals surface area (Å²) in [6, 6.07) is 7.89. The normalized spacial score (nSPS) is 13.4. The molecule has 0 aliphatic heterocycles. The molecule has 1 N–H and O–H groups in total. The van der Waals surface area contributed by atoms with Crippen molar-refractivity contribution in [1.29, 1.82) is 0 Å². The number of aryl methyl sites for hydroxylation is 1. The first-order chi connectivity index (χ1) is 9.78. The largest absolute Gasteiger partial charge is 0.459 e. The molecule has 0 saturated heterocycles. The molecular weight excluding hydrogens is 266 g/mol. The molecule has 0 saturated carbocycles. The van der Waals surface area contributed by atoms with Crippen LogP contribution in [0.15, 0.2) is 28.7 Å². The lowest BCUT2D eigenvalue weighted by atomic mass is 10.1. The zero-order valence-corrected chi connectivity index (χ0v) is 13.3. The van der Waals surface area contributed by atoms with Gasteiger partial charge in [0.15, 0.2) is 0 Å². The highest BCUT2D eigenvalue weighted by Crippen LogP contribution is 2.28. The van der Waals surface area contributed by atoms with Crippen LogP contribution in [-0.2, 0) is 9.53 Å². The van der Waals surface area contributed by atoms with E-state index < -0.39 is 5.60 Å². The van der Waals surface area contributed by atoms with Gasteiger partial charge in [0.1, 0.15) is 16.9 Å². The van der Waals surface area contributed by atoms with Crippen molar-refractivity contribution < 1.29 is 13.9 Å². The van der Waals surface area contributed by atoms with Crippen molar-refractivity contribution in [2.75, 3.05) is 6.54 Å². The van der Waals surface area contributed by atoms with Gasteiger partial charge in [-0.1, -0.05) is 18.2 Å². The van der Waals surface area contributed by atoms with Gasteiger partial charge in [0.05, 0.1) is 12.6 Å². The van der Waals surface area contributed by atoms with Crippen molar-refractivity contribution in [1.82, 2.24) is 5.32 Å². The Bertz CT molecular complexity index is 637. The maximum absolute atomic E-state index is 11.7.